The van der Waals surface area contributed by atoms with Gasteiger partial charge in [-0.25, -0.2) is 4.39 Å². The van der Waals surface area contributed by atoms with Crippen LogP contribution in [0.1, 0.15) is 37.8 Å². The number of rotatable bonds is 4. The van der Waals surface area contributed by atoms with Crippen LogP contribution < -0.4 is 5.73 Å². The van der Waals surface area contributed by atoms with E-state index in [0.717, 1.165) is 24.8 Å². The quantitative estimate of drug-likeness (QED) is 0.858. The lowest BCUT2D eigenvalue weighted by molar-refractivity contribution is 0.588. The van der Waals surface area contributed by atoms with E-state index < -0.39 is 0 Å². The van der Waals surface area contributed by atoms with Gasteiger partial charge in [0, 0.05) is 11.1 Å². The predicted molar refractivity (Wildman–Crippen MR) is 65.1 cm³/mol. The highest BCUT2D eigenvalue weighted by Crippen LogP contribution is 2.21. The lowest BCUT2D eigenvalue weighted by atomic mass is 10.0. The number of hydrogen-bond donors (Lipinski definition) is 1. The molecule has 1 aromatic rings. The molecule has 0 aromatic heterocycles. The zero-order chi connectivity index (χ0) is 10.6. The highest BCUT2D eigenvalue weighted by molar-refractivity contribution is 6.30. The minimum Gasteiger partial charge on any atom is -0.324 e. The molecule has 1 nitrogen and oxygen atoms in total. The molecule has 1 aromatic carbocycles. The molecule has 0 saturated heterocycles. The van der Waals surface area contributed by atoms with Gasteiger partial charge in [-0.1, -0.05) is 31.4 Å². The van der Waals surface area contributed by atoms with Crippen LogP contribution in [0, 0.1) is 5.82 Å². The van der Waals surface area contributed by atoms with Crippen LogP contribution >= 0.6 is 24.0 Å². The van der Waals surface area contributed by atoms with Gasteiger partial charge in [0.2, 0.25) is 0 Å². The van der Waals surface area contributed by atoms with E-state index in [0.29, 0.717) is 5.02 Å². The minimum atomic E-state index is -0.320. The summed E-state index contributed by atoms with van der Waals surface area (Å²) in [6.07, 6.45) is 3.02. The summed E-state index contributed by atoms with van der Waals surface area (Å²) in [5.41, 5.74) is 6.67. The fourth-order valence-corrected chi connectivity index (χ4v) is 1.61. The Bertz CT molecular complexity index is 284. The van der Waals surface area contributed by atoms with Gasteiger partial charge < -0.3 is 5.73 Å². The van der Waals surface area contributed by atoms with E-state index in [9.17, 15) is 4.39 Å². The number of benzene rings is 1. The van der Waals surface area contributed by atoms with Gasteiger partial charge in [0.15, 0.2) is 0 Å². The van der Waals surface area contributed by atoms with Crippen LogP contribution in [0.4, 0.5) is 4.39 Å². The monoisotopic (exact) mass is 251 g/mol. The molecule has 0 amide bonds. The molecular formula is C11H16Cl2FN. The Balaban J connectivity index is 0.00000196. The van der Waals surface area contributed by atoms with Crippen molar-refractivity contribution in [3.63, 3.8) is 0 Å². The van der Waals surface area contributed by atoms with E-state index in [1.807, 2.05) is 0 Å². The van der Waals surface area contributed by atoms with Gasteiger partial charge in [0.25, 0.3) is 0 Å². The summed E-state index contributed by atoms with van der Waals surface area (Å²) in [7, 11) is 0. The molecule has 0 bridgehead atoms. The Morgan fingerprint density at radius 2 is 2.07 bits per heavy atom. The second-order valence-electron chi connectivity index (χ2n) is 3.45. The van der Waals surface area contributed by atoms with Gasteiger partial charge in [0.05, 0.1) is 0 Å². The Hall–Kier alpha value is -0.310. The predicted octanol–water partition coefficient (Wildman–Crippen LogP) is 4.09. The zero-order valence-electron chi connectivity index (χ0n) is 8.67. The Labute approximate surface area is 101 Å². The van der Waals surface area contributed by atoms with Crippen molar-refractivity contribution in [2.45, 2.75) is 32.2 Å². The number of unbranched alkanes of at least 4 members (excludes halogenated alkanes) is 1. The first-order chi connectivity index (χ1) is 6.63. The molecule has 0 radical (unpaired) electrons. The molecule has 15 heavy (non-hydrogen) atoms. The molecule has 0 unspecified atom stereocenters. The van der Waals surface area contributed by atoms with Crippen LogP contribution in [0.2, 0.25) is 5.02 Å². The van der Waals surface area contributed by atoms with Gasteiger partial charge in [-0.15, -0.1) is 12.4 Å². The summed E-state index contributed by atoms with van der Waals surface area (Å²) in [5.74, 6) is -0.320. The first kappa shape index (κ1) is 14.7. The van der Waals surface area contributed by atoms with Crippen molar-refractivity contribution < 1.29 is 4.39 Å². The largest absolute Gasteiger partial charge is 0.324 e. The van der Waals surface area contributed by atoms with Gasteiger partial charge in [0.1, 0.15) is 5.82 Å². The van der Waals surface area contributed by atoms with Crippen molar-refractivity contribution >= 4 is 24.0 Å². The smallest absolute Gasteiger partial charge is 0.125 e. The van der Waals surface area contributed by atoms with Crippen molar-refractivity contribution in [2.24, 2.45) is 5.73 Å². The maximum atomic E-state index is 13.0. The van der Waals surface area contributed by atoms with Gasteiger partial charge in [-0.05, 0) is 30.2 Å². The van der Waals surface area contributed by atoms with Crippen molar-refractivity contribution in [2.75, 3.05) is 0 Å². The van der Waals surface area contributed by atoms with Crippen molar-refractivity contribution in [3.05, 3.63) is 34.6 Å². The van der Waals surface area contributed by atoms with Crippen LogP contribution in [0.25, 0.3) is 0 Å². The van der Waals surface area contributed by atoms with Gasteiger partial charge in [-0.3, -0.25) is 0 Å². The van der Waals surface area contributed by atoms with Gasteiger partial charge in [-0.2, -0.15) is 0 Å². The highest BCUT2D eigenvalue weighted by Gasteiger charge is 2.07. The van der Waals surface area contributed by atoms with E-state index in [1.165, 1.54) is 12.1 Å². The summed E-state index contributed by atoms with van der Waals surface area (Å²) < 4.78 is 13.0. The van der Waals surface area contributed by atoms with Crippen molar-refractivity contribution in [1.29, 1.82) is 0 Å². The van der Waals surface area contributed by atoms with Crippen LogP contribution in [0.15, 0.2) is 18.2 Å². The Kier molecular flexibility index (Phi) is 6.90. The average Bonchev–Trinajstić information content (AvgIpc) is 2.12. The zero-order valence-corrected chi connectivity index (χ0v) is 10.2. The third kappa shape index (κ3) is 4.83. The normalized spacial score (nSPS) is 12.0. The lowest BCUT2D eigenvalue weighted by Gasteiger charge is -2.11. The summed E-state index contributed by atoms with van der Waals surface area (Å²) in [5, 5.41) is 0.409. The van der Waals surface area contributed by atoms with E-state index in [1.54, 1.807) is 6.07 Å². The molecule has 4 heteroatoms. The number of hydrogen-bond acceptors (Lipinski definition) is 1. The van der Waals surface area contributed by atoms with E-state index in [4.69, 9.17) is 17.3 Å². The second kappa shape index (κ2) is 7.04. The molecule has 0 aliphatic carbocycles. The molecule has 1 rings (SSSR count). The molecule has 0 saturated carbocycles. The Morgan fingerprint density at radius 1 is 1.40 bits per heavy atom. The SMILES string of the molecule is CCCC[C@H](N)c1cc(F)cc(Cl)c1.Cl. The maximum Gasteiger partial charge on any atom is 0.125 e. The highest BCUT2D eigenvalue weighted by atomic mass is 35.5. The standard InChI is InChI=1S/C11H15ClFN.ClH/c1-2-3-4-11(14)8-5-9(12)7-10(13)6-8;/h5-7,11H,2-4,14H2,1H3;1H/t11-;/m0./s1. The van der Waals surface area contributed by atoms with Gasteiger partial charge >= 0.3 is 0 Å². The summed E-state index contributed by atoms with van der Waals surface area (Å²) in [6.45, 7) is 2.10. The Morgan fingerprint density at radius 3 is 2.60 bits per heavy atom. The molecule has 0 fully saturated rings. The molecule has 86 valence electrons. The fourth-order valence-electron chi connectivity index (χ4n) is 1.38. The topological polar surface area (TPSA) is 26.0 Å². The maximum absolute atomic E-state index is 13.0. The molecule has 0 spiro atoms. The molecule has 0 heterocycles. The summed E-state index contributed by atoms with van der Waals surface area (Å²) in [6, 6.07) is 4.36. The van der Waals surface area contributed by atoms with Crippen LogP contribution in [-0.4, -0.2) is 0 Å². The summed E-state index contributed by atoms with van der Waals surface area (Å²) in [4.78, 5) is 0. The molecular weight excluding hydrogens is 236 g/mol. The van der Waals surface area contributed by atoms with Crippen LogP contribution in [0.3, 0.4) is 0 Å². The third-order valence-electron chi connectivity index (χ3n) is 2.18. The molecule has 2 N–H and O–H groups in total. The fraction of sp³-hybridized carbons (Fsp3) is 0.455. The first-order valence-corrected chi connectivity index (χ1v) is 5.23. The van der Waals surface area contributed by atoms with Crippen LogP contribution in [0.5, 0.6) is 0 Å². The van der Waals surface area contributed by atoms with Crippen LogP contribution in [-0.2, 0) is 0 Å². The summed E-state index contributed by atoms with van der Waals surface area (Å²) >= 11 is 5.73. The van der Waals surface area contributed by atoms with E-state index in [2.05, 4.69) is 6.92 Å². The number of halogens is 3. The molecule has 0 aliphatic heterocycles. The average molecular weight is 252 g/mol. The minimum absolute atomic E-state index is 0. The van der Waals surface area contributed by atoms with E-state index in [-0.39, 0.29) is 24.3 Å². The van der Waals surface area contributed by atoms with Crippen molar-refractivity contribution in [1.82, 2.24) is 0 Å². The lowest BCUT2D eigenvalue weighted by Crippen LogP contribution is -2.10. The van der Waals surface area contributed by atoms with E-state index >= 15 is 0 Å². The second-order valence-corrected chi connectivity index (χ2v) is 3.89. The van der Waals surface area contributed by atoms with Crippen molar-refractivity contribution in [3.8, 4) is 0 Å². The first-order valence-electron chi connectivity index (χ1n) is 4.85. The molecule has 0 aliphatic rings. The number of nitrogens with two attached hydrogens (primary N) is 1. The third-order valence-corrected chi connectivity index (χ3v) is 2.40. The molecule has 1 atom stereocenters.